The Bertz CT molecular complexity index is 604. The Morgan fingerprint density at radius 2 is 1.77 bits per heavy atom. The average molecular weight is 367 g/mol. The molecule has 1 aromatic rings. The molecule has 4 N–H and O–H groups in total. The zero-order valence-electron chi connectivity index (χ0n) is 15.0. The number of nitrogens with one attached hydrogen (secondary N) is 1. The molecule has 0 spiro atoms. The molecule has 0 radical (unpaired) electrons. The fourth-order valence-corrected chi connectivity index (χ4v) is 1.50. The van der Waals surface area contributed by atoms with E-state index in [9.17, 15) is 19.5 Å². The van der Waals surface area contributed by atoms with Crippen molar-refractivity contribution in [2.24, 2.45) is 0 Å². The molecule has 1 unspecified atom stereocenters. The highest BCUT2D eigenvalue weighted by atomic mass is 16.5. The van der Waals surface area contributed by atoms with Gasteiger partial charge in [-0.25, -0.2) is 9.59 Å². The summed E-state index contributed by atoms with van der Waals surface area (Å²) >= 11 is 0. The Kier molecular flexibility index (Phi) is 10.5. The van der Waals surface area contributed by atoms with Crippen molar-refractivity contribution in [2.45, 2.75) is 32.4 Å². The Labute approximate surface area is 152 Å². The van der Waals surface area contributed by atoms with E-state index in [-0.39, 0.29) is 12.1 Å². The summed E-state index contributed by atoms with van der Waals surface area (Å²) in [6.45, 7) is 6.78. The number of carbonyl (C=O) groups is 3. The quantitative estimate of drug-likeness (QED) is 0.400. The van der Waals surface area contributed by atoms with E-state index in [1.54, 1.807) is 24.3 Å². The number of carbonyl (C=O) groups excluding carboxylic acids is 1. The lowest BCUT2D eigenvalue weighted by molar-refractivity contribution is -0.134. The molecule has 0 heterocycles. The van der Waals surface area contributed by atoms with E-state index in [4.69, 9.17) is 14.9 Å². The summed E-state index contributed by atoms with van der Waals surface area (Å²) < 4.78 is 5.43. The second-order valence-corrected chi connectivity index (χ2v) is 6.30. The molecule has 0 aliphatic heterocycles. The van der Waals surface area contributed by atoms with Crippen LogP contribution in [0.25, 0.3) is 0 Å². The third-order valence-electron chi connectivity index (χ3n) is 2.67. The third kappa shape index (κ3) is 13.7. The van der Waals surface area contributed by atoms with Crippen LogP contribution in [0.3, 0.4) is 0 Å². The number of benzene rings is 1. The molecule has 0 aliphatic carbocycles. The second-order valence-electron chi connectivity index (χ2n) is 6.30. The number of ether oxygens (including phenoxy) is 1. The normalized spacial score (nSPS) is 12.0. The summed E-state index contributed by atoms with van der Waals surface area (Å²) in [5.41, 5.74) is 0.535. The first-order chi connectivity index (χ1) is 12.0. The van der Waals surface area contributed by atoms with Crippen LogP contribution < -0.4 is 10.1 Å². The Morgan fingerprint density at radius 3 is 2.23 bits per heavy atom. The van der Waals surface area contributed by atoms with Gasteiger partial charge < -0.3 is 25.4 Å². The summed E-state index contributed by atoms with van der Waals surface area (Å²) in [6.07, 6.45) is 1.30. The van der Waals surface area contributed by atoms with E-state index in [0.717, 1.165) is 6.29 Å². The van der Waals surface area contributed by atoms with E-state index in [1.165, 1.54) is 0 Å². The predicted octanol–water partition coefficient (Wildman–Crippen LogP) is 1.34. The number of aliphatic hydroxyl groups excluding tert-OH is 1. The van der Waals surface area contributed by atoms with Gasteiger partial charge in [0, 0.05) is 29.8 Å². The smallest absolute Gasteiger partial charge is 0.328 e. The maximum absolute atomic E-state index is 10.6. The third-order valence-corrected chi connectivity index (χ3v) is 2.67. The van der Waals surface area contributed by atoms with Gasteiger partial charge in [-0.15, -0.1) is 0 Å². The maximum atomic E-state index is 10.6. The van der Waals surface area contributed by atoms with Crippen molar-refractivity contribution in [3.8, 4) is 5.75 Å². The largest absolute Gasteiger partial charge is 0.491 e. The number of aliphatic hydroxyl groups is 1. The Hall–Kier alpha value is -2.71. The predicted molar refractivity (Wildman–Crippen MR) is 95.5 cm³/mol. The molecule has 0 fully saturated rings. The van der Waals surface area contributed by atoms with Gasteiger partial charge in [0.2, 0.25) is 0 Å². The molecule has 0 aromatic heterocycles. The molecule has 1 atom stereocenters. The van der Waals surface area contributed by atoms with Crippen molar-refractivity contribution in [3.63, 3.8) is 0 Å². The van der Waals surface area contributed by atoms with Crippen LogP contribution in [0.15, 0.2) is 36.4 Å². The van der Waals surface area contributed by atoms with Crippen molar-refractivity contribution >= 4 is 18.2 Å². The zero-order chi connectivity index (χ0) is 20.2. The SMILES string of the molecule is CC(C)(C)NCC(O)COc1cccc(C=O)c1.O=C(O)C=CC(=O)O. The van der Waals surface area contributed by atoms with Gasteiger partial charge in [-0.05, 0) is 32.9 Å². The molecular weight excluding hydrogens is 342 g/mol. The number of carboxylic acid groups (broad SMARTS) is 2. The highest BCUT2D eigenvalue weighted by Gasteiger charge is 2.12. The van der Waals surface area contributed by atoms with Gasteiger partial charge in [0.25, 0.3) is 0 Å². The average Bonchev–Trinajstić information content (AvgIpc) is 2.56. The van der Waals surface area contributed by atoms with E-state index < -0.39 is 18.0 Å². The Morgan fingerprint density at radius 1 is 1.19 bits per heavy atom. The molecule has 0 aliphatic rings. The van der Waals surface area contributed by atoms with E-state index in [2.05, 4.69) is 5.32 Å². The summed E-state index contributed by atoms with van der Waals surface area (Å²) in [7, 11) is 0. The van der Waals surface area contributed by atoms with Crippen LogP contribution in [-0.2, 0) is 9.59 Å². The van der Waals surface area contributed by atoms with Gasteiger partial charge in [-0.2, -0.15) is 0 Å². The van der Waals surface area contributed by atoms with Gasteiger partial charge in [0.1, 0.15) is 24.7 Å². The van der Waals surface area contributed by atoms with Gasteiger partial charge in [0.15, 0.2) is 0 Å². The van der Waals surface area contributed by atoms with Crippen molar-refractivity contribution < 1.29 is 34.4 Å². The lowest BCUT2D eigenvalue weighted by Crippen LogP contribution is -2.42. The molecule has 144 valence electrons. The zero-order valence-corrected chi connectivity index (χ0v) is 15.0. The summed E-state index contributed by atoms with van der Waals surface area (Å²) in [5.74, 6) is -1.92. The molecule has 0 saturated carbocycles. The summed E-state index contributed by atoms with van der Waals surface area (Å²) in [6, 6.07) is 6.87. The summed E-state index contributed by atoms with van der Waals surface area (Å²) in [4.78, 5) is 29.7. The number of aliphatic carboxylic acids is 2. The standard InChI is InChI=1S/C14H21NO3.C4H4O4/c1-14(2,3)15-8-12(17)10-18-13-6-4-5-11(7-13)9-16;5-3(6)1-2-4(7)8/h4-7,9,12,15,17H,8,10H2,1-3H3;1-2H,(H,5,6)(H,7,8). The van der Waals surface area contributed by atoms with Crippen LogP contribution >= 0.6 is 0 Å². The molecule has 8 heteroatoms. The van der Waals surface area contributed by atoms with E-state index in [0.29, 0.717) is 30.0 Å². The van der Waals surface area contributed by atoms with E-state index >= 15 is 0 Å². The van der Waals surface area contributed by atoms with Crippen LogP contribution in [0.4, 0.5) is 0 Å². The minimum absolute atomic E-state index is 0.0294. The van der Waals surface area contributed by atoms with Crippen molar-refractivity contribution in [3.05, 3.63) is 42.0 Å². The second kappa shape index (κ2) is 11.8. The van der Waals surface area contributed by atoms with Crippen molar-refractivity contribution in [2.75, 3.05) is 13.2 Å². The topological polar surface area (TPSA) is 133 Å². The minimum atomic E-state index is -1.26. The minimum Gasteiger partial charge on any atom is -0.491 e. The van der Waals surface area contributed by atoms with Gasteiger partial charge in [-0.3, -0.25) is 4.79 Å². The van der Waals surface area contributed by atoms with E-state index in [1.807, 2.05) is 20.8 Å². The summed E-state index contributed by atoms with van der Waals surface area (Å²) in [5, 5.41) is 28.6. The van der Waals surface area contributed by atoms with Crippen LogP contribution in [-0.4, -0.2) is 58.3 Å². The number of β-amino-alcohol motifs (C(OH)–C–C–N with tert-alkyl or cyclic N) is 1. The fourth-order valence-electron chi connectivity index (χ4n) is 1.50. The highest BCUT2D eigenvalue weighted by Crippen LogP contribution is 2.12. The number of carboxylic acids is 2. The fraction of sp³-hybridized carbons (Fsp3) is 0.389. The molecular formula is C18H25NO7. The number of rotatable bonds is 8. The first-order valence-electron chi connectivity index (χ1n) is 7.78. The van der Waals surface area contributed by atoms with Crippen molar-refractivity contribution in [1.29, 1.82) is 0 Å². The highest BCUT2D eigenvalue weighted by molar-refractivity contribution is 5.89. The molecule has 0 saturated heterocycles. The first-order valence-corrected chi connectivity index (χ1v) is 7.78. The molecule has 8 nitrogen and oxygen atoms in total. The number of hydrogen-bond acceptors (Lipinski definition) is 6. The molecule has 0 bridgehead atoms. The maximum Gasteiger partial charge on any atom is 0.328 e. The van der Waals surface area contributed by atoms with Crippen molar-refractivity contribution in [1.82, 2.24) is 5.32 Å². The van der Waals surface area contributed by atoms with Crippen LogP contribution in [0, 0.1) is 0 Å². The lowest BCUT2D eigenvalue weighted by Gasteiger charge is -2.22. The van der Waals surface area contributed by atoms with Gasteiger partial charge >= 0.3 is 11.9 Å². The Balaban J connectivity index is 0.000000660. The van der Waals surface area contributed by atoms with Crippen LogP contribution in [0.5, 0.6) is 5.75 Å². The monoisotopic (exact) mass is 367 g/mol. The molecule has 1 rings (SSSR count). The lowest BCUT2D eigenvalue weighted by atomic mass is 10.1. The van der Waals surface area contributed by atoms with Crippen LogP contribution in [0.2, 0.25) is 0 Å². The first kappa shape index (κ1) is 23.3. The van der Waals surface area contributed by atoms with Gasteiger partial charge in [-0.1, -0.05) is 12.1 Å². The number of hydrogen-bond donors (Lipinski definition) is 4. The van der Waals surface area contributed by atoms with Crippen LogP contribution in [0.1, 0.15) is 31.1 Å². The molecule has 26 heavy (non-hydrogen) atoms. The molecule has 1 aromatic carbocycles. The number of aldehydes is 1. The molecule has 0 amide bonds. The van der Waals surface area contributed by atoms with Gasteiger partial charge in [0.05, 0.1) is 0 Å².